The smallest absolute Gasteiger partial charge is 0.283 e. The van der Waals surface area contributed by atoms with Crippen molar-refractivity contribution in [2.24, 2.45) is 10.1 Å². The van der Waals surface area contributed by atoms with Crippen LogP contribution in [0.15, 0.2) is 58.1 Å². The van der Waals surface area contributed by atoms with Gasteiger partial charge in [0.25, 0.3) is 5.91 Å². The van der Waals surface area contributed by atoms with Gasteiger partial charge in [0.15, 0.2) is 28.8 Å². The number of carbonyl (C=O) groups is 1. The van der Waals surface area contributed by atoms with Gasteiger partial charge in [0, 0.05) is 0 Å². The maximum absolute atomic E-state index is 12.5. The summed E-state index contributed by atoms with van der Waals surface area (Å²) in [4.78, 5) is 16.6. The van der Waals surface area contributed by atoms with Gasteiger partial charge in [0.05, 0.1) is 24.3 Å². The number of amidine groups is 2. The number of nitrogens with zero attached hydrogens (tertiary/aromatic N) is 3. The third kappa shape index (κ3) is 5.07. The van der Waals surface area contributed by atoms with E-state index in [0.29, 0.717) is 53.5 Å². The fourth-order valence-corrected chi connectivity index (χ4v) is 4.03. The summed E-state index contributed by atoms with van der Waals surface area (Å²) >= 11 is 1.27. The van der Waals surface area contributed by atoms with E-state index in [4.69, 9.17) is 24.4 Å². The number of nitrogens with one attached hydrogen (secondary N) is 1. The number of amides is 1. The van der Waals surface area contributed by atoms with E-state index in [1.165, 1.54) is 16.8 Å². The van der Waals surface area contributed by atoms with E-state index in [0.717, 1.165) is 5.04 Å². The summed E-state index contributed by atoms with van der Waals surface area (Å²) in [6, 6.07) is 12.7. The van der Waals surface area contributed by atoms with E-state index < -0.39 is 5.91 Å². The molecule has 34 heavy (non-hydrogen) atoms. The molecule has 2 heterocycles. The van der Waals surface area contributed by atoms with Crippen LogP contribution in [-0.4, -0.2) is 53.9 Å². The monoisotopic (exact) mass is 480 g/mol. The van der Waals surface area contributed by atoms with Crippen LogP contribution < -0.4 is 18.9 Å². The van der Waals surface area contributed by atoms with Crippen LogP contribution in [0.3, 0.4) is 0 Å². The van der Waals surface area contributed by atoms with Gasteiger partial charge in [-0.15, -0.1) is 0 Å². The van der Waals surface area contributed by atoms with Crippen LogP contribution >= 0.6 is 11.8 Å². The number of aliphatic imine (C=N–C) groups is 1. The molecule has 1 N–H and O–H groups in total. The highest BCUT2D eigenvalue weighted by Gasteiger charge is 2.34. The standard InChI is InChI=1S/C24H24N4O5S/c1-4-31-21-14-16(13-17-22(25)28-24(26-23(17)29)34-15(2)27-28)9-10-20(21)33-12-11-32-19-8-6-5-7-18(19)30-3/h5-10,13-14,25H,4,11-12H2,1-3H3/b17-13-,25-22?. The fourth-order valence-electron chi connectivity index (χ4n) is 3.30. The maximum Gasteiger partial charge on any atom is 0.283 e. The number of hydrazone groups is 1. The summed E-state index contributed by atoms with van der Waals surface area (Å²) < 4.78 is 22.6. The number of fused-ring (bicyclic) bond motifs is 1. The van der Waals surface area contributed by atoms with Crippen molar-refractivity contribution in [3.63, 3.8) is 0 Å². The Labute approximate surface area is 201 Å². The lowest BCUT2D eigenvalue weighted by molar-refractivity contribution is -0.114. The molecule has 0 bridgehead atoms. The van der Waals surface area contributed by atoms with Crippen LogP contribution in [0.2, 0.25) is 0 Å². The first-order chi connectivity index (χ1) is 16.5. The number of rotatable bonds is 9. The Kier molecular flexibility index (Phi) is 7.17. The van der Waals surface area contributed by atoms with Crippen LogP contribution in [-0.2, 0) is 4.79 Å². The van der Waals surface area contributed by atoms with E-state index in [9.17, 15) is 4.79 Å². The Bertz CT molecular complexity index is 1210. The van der Waals surface area contributed by atoms with Crippen LogP contribution in [0.5, 0.6) is 23.0 Å². The number of carbonyl (C=O) groups excluding carboxylic acids is 1. The zero-order chi connectivity index (χ0) is 24.1. The molecule has 1 amide bonds. The molecular weight excluding hydrogens is 456 g/mol. The van der Waals surface area contributed by atoms with Crippen LogP contribution in [0, 0.1) is 5.41 Å². The Balaban J connectivity index is 1.46. The van der Waals surface area contributed by atoms with Gasteiger partial charge in [-0.05, 0) is 61.5 Å². The number of hydrogen-bond donors (Lipinski definition) is 1. The van der Waals surface area contributed by atoms with Crippen molar-refractivity contribution in [2.75, 3.05) is 26.9 Å². The SMILES string of the molecule is CCOc1cc(/C=C2/C(=N)N3N=C(C)SC3=NC2=O)ccc1OCCOc1ccccc1OC. The molecule has 176 valence electrons. The van der Waals surface area contributed by atoms with Gasteiger partial charge in [-0.3, -0.25) is 10.2 Å². The fraction of sp³-hybridized carbons (Fsp3) is 0.250. The lowest BCUT2D eigenvalue weighted by Crippen LogP contribution is -2.35. The molecule has 0 aliphatic carbocycles. The van der Waals surface area contributed by atoms with Gasteiger partial charge in [-0.2, -0.15) is 15.1 Å². The van der Waals surface area contributed by atoms with Crippen LogP contribution in [0.1, 0.15) is 19.4 Å². The molecule has 0 atom stereocenters. The summed E-state index contributed by atoms with van der Waals surface area (Å²) in [5, 5.41) is 15.1. The van der Waals surface area contributed by atoms with Crippen molar-refractivity contribution in [1.82, 2.24) is 5.01 Å². The van der Waals surface area contributed by atoms with E-state index in [1.807, 2.05) is 31.2 Å². The molecule has 0 fully saturated rings. The zero-order valence-corrected chi connectivity index (χ0v) is 19.8. The highest BCUT2D eigenvalue weighted by molar-refractivity contribution is 8.26. The minimum Gasteiger partial charge on any atom is -0.493 e. The second-order valence-electron chi connectivity index (χ2n) is 7.13. The molecule has 0 spiro atoms. The number of methoxy groups -OCH3 is 1. The number of ether oxygens (including phenoxy) is 4. The van der Waals surface area contributed by atoms with E-state index in [2.05, 4.69) is 10.1 Å². The Morgan fingerprint density at radius 2 is 1.74 bits per heavy atom. The first-order valence-electron chi connectivity index (χ1n) is 10.6. The normalized spacial score (nSPS) is 16.2. The van der Waals surface area contributed by atoms with Crippen molar-refractivity contribution < 1.29 is 23.7 Å². The average molecular weight is 481 g/mol. The molecule has 2 aromatic carbocycles. The molecule has 10 heteroatoms. The summed E-state index contributed by atoms with van der Waals surface area (Å²) in [7, 11) is 1.59. The van der Waals surface area contributed by atoms with E-state index >= 15 is 0 Å². The third-order valence-electron chi connectivity index (χ3n) is 4.80. The van der Waals surface area contributed by atoms with Crippen molar-refractivity contribution in [3.05, 3.63) is 53.6 Å². The van der Waals surface area contributed by atoms with Crippen molar-refractivity contribution in [2.45, 2.75) is 13.8 Å². The lowest BCUT2D eigenvalue weighted by atomic mass is 10.1. The topological polar surface area (TPSA) is 106 Å². The molecular formula is C24H24N4O5S. The van der Waals surface area contributed by atoms with Crippen molar-refractivity contribution in [3.8, 4) is 23.0 Å². The maximum atomic E-state index is 12.5. The Hall–Kier alpha value is -3.79. The highest BCUT2D eigenvalue weighted by atomic mass is 32.2. The minimum absolute atomic E-state index is 0.00822. The van der Waals surface area contributed by atoms with Gasteiger partial charge in [0.2, 0.25) is 5.17 Å². The Morgan fingerprint density at radius 1 is 1.03 bits per heavy atom. The summed E-state index contributed by atoms with van der Waals surface area (Å²) in [5.41, 5.74) is 0.837. The second kappa shape index (κ2) is 10.4. The molecule has 4 rings (SSSR count). The third-order valence-corrected chi connectivity index (χ3v) is 5.63. The summed E-state index contributed by atoms with van der Waals surface area (Å²) in [6.07, 6.45) is 1.61. The molecule has 0 radical (unpaired) electrons. The highest BCUT2D eigenvalue weighted by Crippen LogP contribution is 2.32. The van der Waals surface area contributed by atoms with E-state index in [-0.39, 0.29) is 11.4 Å². The summed E-state index contributed by atoms with van der Waals surface area (Å²) in [5.74, 6) is 1.89. The zero-order valence-electron chi connectivity index (χ0n) is 19.0. The lowest BCUT2D eigenvalue weighted by Gasteiger charge is -2.20. The first kappa shape index (κ1) is 23.4. The van der Waals surface area contributed by atoms with Crippen LogP contribution in [0.25, 0.3) is 6.08 Å². The molecule has 2 aliphatic heterocycles. The number of thioether (sulfide) groups is 1. The van der Waals surface area contributed by atoms with Gasteiger partial charge >= 0.3 is 0 Å². The van der Waals surface area contributed by atoms with Crippen LogP contribution in [0.4, 0.5) is 0 Å². The van der Waals surface area contributed by atoms with Gasteiger partial charge in [-0.1, -0.05) is 18.2 Å². The van der Waals surface area contributed by atoms with E-state index in [1.54, 1.807) is 38.3 Å². The molecule has 9 nitrogen and oxygen atoms in total. The molecule has 0 unspecified atom stereocenters. The minimum atomic E-state index is -0.472. The number of para-hydroxylation sites is 2. The molecule has 2 aromatic rings. The molecule has 0 saturated heterocycles. The predicted molar refractivity (Wildman–Crippen MR) is 132 cm³/mol. The van der Waals surface area contributed by atoms with Gasteiger partial charge in [0.1, 0.15) is 13.2 Å². The summed E-state index contributed by atoms with van der Waals surface area (Å²) in [6.45, 7) is 4.74. The molecule has 0 aromatic heterocycles. The largest absolute Gasteiger partial charge is 0.493 e. The first-order valence-corrected chi connectivity index (χ1v) is 11.4. The molecule has 2 aliphatic rings. The van der Waals surface area contributed by atoms with Gasteiger partial charge in [-0.25, -0.2) is 0 Å². The van der Waals surface area contributed by atoms with Crippen molar-refractivity contribution >= 4 is 39.8 Å². The molecule has 0 saturated carbocycles. The average Bonchev–Trinajstić information content (AvgIpc) is 3.21. The predicted octanol–water partition coefficient (Wildman–Crippen LogP) is 4.19. The van der Waals surface area contributed by atoms with Gasteiger partial charge < -0.3 is 18.9 Å². The second-order valence-corrected chi connectivity index (χ2v) is 8.29. The van der Waals surface area contributed by atoms with Crippen molar-refractivity contribution in [1.29, 1.82) is 5.41 Å². The number of benzene rings is 2. The Morgan fingerprint density at radius 3 is 2.44 bits per heavy atom. The quantitative estimate of drug-likeness (QED) is 0.424. The number of hydrogen-bond acceptors (Lipinski definition) is 8.